The van der Waals surface area contributed by atoms with Gasteiger partial charge >= 0.3 is 0 Å². The van der Waals surface area contributed by atoms with Crippen LogP contribution >= 0.6 is 0 Å². The highest BCUT2D eigenvalue weighted by atomic mass is 16.6. The molecule has 2 rings (SSSR count). The smallest absolute Gasteiger partial charge is 0.119 e. The highest BCUT2D eigenvalue weighted by molar-refractivity contribution is 5.50. The molecule has 0 fully saturated rings. The summed E-state index contributed by atoms with van der Waals surface area (Å²) < 4.78 is 5.04. The molecule has 5 nitrogen and oxygen atoms in total. The molecule has 1 aromatic carbocycles. The van der Waals surface area contributed by atoms with Gasteiger partial charge in [0.05, 0.1) is 19.0 Å². The van der Waals surface area contributed by atoms with E-state index in [0.717, 1.165) is 16.6 Å². The molecule has 1 aromatic rings. The topological polar surface area (TPSA) is 48.0 Å². The van der Waals surface area contributed by atoms with Gasteiger partial charge in [0.2, 0.25) is 0 Å². The lowest BCUT2D eigenvalue weighted by Crippen LogP contribution is -2.37. The first-order valence-corrected chi connectivity index (χ1v) is 4.15. The summed E-state index contributed by atoms with van der Waals surface area (Å²) in [6.07, 6.45) is 3.21. The predicted molar refractivity (Wildman–Crippen MR) is 51.4 cm³/mol. The molecule has 0 amide bonds. The summed E-state index contributed by atoms with van der Waals surface area (Å²) >= 11 is 0. The maximum atomic E-state index is 9.03. The van der Waals surface area contributed by atoms with Crippen LogP contribution in [0.1, 0.15) is 0 Å². The van der Waals surface area contributed by atoms with E-state index in [2.05, 4.69) is 5.53 Å². The molecule has 0 aliphatic carbocycles. The number of nitrogens with one attached hydrogen (secondary N) is 1. The van der Waals surface area contributed by atoms with Crippen molar-refractivity contribution in [2.45, 2.75) is 0 Å². The van der Waals surface area contributed by atoms with Crippen LogP contribution in [0.4, 0.5) is 5.69 Å². The molecule has 2 N–H and O–H groups in total. The first-order chi connectivity index (χ1) is 6.79. The quantitative estimate of drug-likeness (QED) is 0.736. The van der Waals surface area contributed by atoms with Crippen molar-refractivity contribution in [1.82, 2.24) is 10.7 Å². The molecule has 0 atom stereocenters. The standard InChI is InChI=1S/C9H11N3O2/c1-14-9-4-2-8(3-5-9)11-6-7-12(13)10-11/h2-7,10,13H,1H3. The maximum Gasteiger partial charge on any atom is 0.119 e. The number of hydrogen-bond acceptors (Lipinski definition) is 5. The van der Waals surface area contributed by atoms with Crippen molar-refractivity contribution in [2.24, 2.45) is 0 Å². The highest BCUT2D eigenvalue weighted by Crippen LogP contribution is 2.19. The van der Waals surface area contributed by atoms with Gasteiger partial charge in [-0.05, 0) is 24.3 Å². The van der Waals surface area contributed by atoms with Gasteiger partial charge in [0.1, 0.15) is 5.75 Å². The van der Waals surface area contributed by atoms with Crippen molar-refractivity contribution < 1.29 is 9.94 Å². The van der Waals surface area contributed by atoms with Crippen molar-refractivity contribution in [3.8, 4) is 5.75 Å². The van der Waals surface area contributed by atoms with Gasteiger partial charge < -0.3 is 4.74 Å². The number of methoxy groups -OCH3 is 1. The van der Waals surface area contributed by atoms with Crippen molar-refractivity contribution in [1.29, 1.82) is 0 Å². The van der Waals surface area contributed by atoms with E-state index in [0.29, 0.717) is 0 Å². The van der Waals surface area contributed by atoms with Crippen LogP contribution in [-0.2, 0) is 0 Å². The number of rotatable bonds is 2. The molecule has 74 valence electrons. The van der Waals surface area contributed by atoms with Gasteiger partial charge in [-0.3, -0.25) is 10.2 Å². The molecule has 0 saturated heterocycles. The number of hydroxylamine groups is 1. The van der Waals surface area contributed by atoms with Gasteiger partial charge in [0.25, 0.3) is 0 Å². The van der Waals surface area contributed by atoms with E-state index in [1.54, 1.807) is 18.3 Å². The molecule has 0 aromatic heterocycles. The van der Waals surface area contributed by atoms with Crippen LogP contribution in [0, 0.1) is 0 Å². The molecule has 14 heavy (non-hydrogen) atoms. The van der Waals surface area contributed by atoms with Gasteiger partial charge in [0.15, 0.2) is 0 Å². The molecule has 0 unspecified atom stereocenters. The second kappa shape index (κ2) is 3.57. The highest BCUT2D eigenvalue weighted by Gasteiger charge is 2.10. The first kappa shape index (κ1) is 8.86. The van der Waals surface area contributed by atoms with Crippen molar-refractivity contribution in [3.05, 3.63) is 36.7 Å². The second-order valence-electron chi connectivity index (χ2n) is 2.81. The zero-order valence-corrected chi connectivity index (χ0v) is 7.71. The van der Waals surface area contributed by atoms with Crippen LogP contribution in [0.2, 0.25) is 0 Å². The molecule has 0 spiro atoms. The summed E-state index contributed by atoms with van der Waals surface area (Å²) in [5.41, 5.74) is 3.59. The summed E-state index contributed by atoms with van der Waals surface area (Å²) in [4.78, 5) is 0. The van der Waals surface area contributed by atoms with Gasteiger partial charge in [-0.25, -0.2) is 0 Å². The zero-order chi connectivity index (χ0) is 9.97. The average Bonchev–Trinajstić information content (AvgIpc) is 2.65. The van der Waals surface area contributed by atoms with Crippen molar-refractivity contribution in [3.63, 3.8) is 0 Å². The Labute approximate surface area is 81.7 Å². The molecule has 0 bridgehead atoms. The molecule has 0 radical (unpaired) electrons. The summed E-state index contributed by atoms with van der Waals surface area (Å²) in [6, 6.07) is 7.47. The average molecular weight is 193 g/mol. The minimum Gasteiger partial charge on any atom is -0.497 e. The predicted octanol–water partition coefficient (Wildman–Crippen LogP) is 1.10. The lowest BCUT2D eigenvalue weighted by atomic mass is 10.3. The minimum atomic E-state index is 0.804. The first-order valence-electron chi connectivity index (χ1n) is 4.15. The Bertz CT molecular complexity index is 336. The van der Waals surface area contributed by atoms with E-state index in [1.165, 1.54) is 6.20 Å². The largest absolute Gasteiger partial charge is 0.497 e. The van der Waals surface area contributed by atoms with Crippen LogP contribution in [0.5, 0.6) is 5.75 Å². The van der Waals surface area contributed by atoms with E-state index in [-0.39, 0.29) is 0 Å². The number of benzene rings is 1. The fourth-order valence-corrected chi connectivity index (χ4v) is 1.19. The van der Waals surface area contributed by atoms with Crippen LogP contribution in [0.3, 0.4) is 0 Å². The third-order valence-corrected chi connectivity index (χ3v) is 1.92. The summed E-state index contributed by atoms with van der Waals surface area (Å²) in [7, 11) is 1.62. The SMILES string of the molecule is COc1ccc(N2C=CN(O)N2)cc1. The molecule has 5 heteroatoms. The Morgan fingerprint density at radius 2 is 1.93 bits per heavy atom. The van der Waals surface area contributed by atoms with Crippen molar-refractivity contribution >= 4 is 5.69 Å². The Hall–Kier alpha value is -1.72. The normalized spacial score (nSPS) is 15.0. The third kappa shape index (κ3) is 1.63. The number of nitrogens with zero attached hydrogens (tertiary/aromatic N) is 2. The van der Waals surface area contributed by atoms with Crippen LogP contribution in [0.25, 0.3) is 0 Å². The number of anilines is 1. The molecule has 1 aliphatic rings. The Morgan fingerprint density at radius 3 is 2.43 bits per heavy atom. The van der Waals surface area contributed by atoms with E-state index < -0.39 is 0 Å². The van der Waals surface area contributed by atoms with Crippen molar-refractivity contribution in [2.75, 3.05) is 12.1 Å². The van der Waals surface area contributed by atoms with E-state index in [1.807, 2.05) is 24.3 Å². The van der Waals surface area contributed by atoms with Gasteiger partial charge in [-0.1, -0.05) is 0 Å². The molecule has 1 aliphatic heterocycles. The van der Waals surface area contributed by atoms with Gasteiger partial charge in [-0.2, -0.15) is 5.17 Å². The summed E-state index contributed by atoms with van der Waals surface area (Å²) in [5.74, 6) is 0.804. The third-order valence-electron chi connectivity index (χ3n) is 1.92. The second-order valence-corrected chi connectivity index (χ2v) is 2.81. The molecular weight excluding hydrogens is 182 g/mol. The Morgan fingerprint density at radius 1 is 1.21 bits per heavy atom. The fourth-order valence-electron chi connectivity index (χ4n) is 1.19. The van der Waals surface area contributed by atoms with Crippen LogP contribution in [-0.4, -0.2) is 17.5 Å². The fraction of sp³-hybridized carbons (Fsp3) is 0.111. The van der Waals surface area contributed by atoms with Crippen LogP contribution in [0.15, 0.2) is 36.7 Å². The van der Waals surface area contributed by atoms with E-state index in [9.17, 15) is 0 Å². The summed E-state index contributed by atoms with van der Waals surface area (Å²) in [6.45, 7) is 0. The van der Waals surface area contributed by atoms with E-state index in [4.69, 9.17) is 9.94 Å². The summed E-state index contributed by atoms with van der Waals surface area (Å²) in [5, 5.41) is 11.6. The number of ether oxygens (including phenoxy) is 1. The van der Waals surface area contributed by atoms with Gasteiger partial charge in [-0.15, -0.1) is 5.53 Å². The van der Waals surface area contributed by atoms with Crippen LogP contribution < -0.4 is 15.3 Å². The number of hydrazine groups is 2. The molecule has 1 heterocycles. The Balaban J connectivity index is 2.14. The monoisotopic (exact) mass is 193 g/mol. The Kier molecular flexibility index (Phi) is 2.26. The number of hydrogen-bond donors (Lipinski definition) is 2. The minimum absolute atomic E-state index is 0.804. The maximum absolute atomic E-state index is 9.03. The molecule has 0 saturated carbocycles. The zero-order valence-electron chi connectivity index (χ0n) is 7.71. The lowest BCUT2D eigenvalue weighted by molar-refractivity contribution is -0.0791. The molecular formula is C9H11N3O2. The van der Waals surface area contributed by atoms with E-state index >= 15 is 0 Å². The lowest BCUT2D eigenvalue weighted by Gasteiger charge is -2.17. The van der Waals surface area contributed by atoms with Gasteiger partial charge in [0, 0.05) is 6.20 Å².